The minimum atomic E-state index is -3.61. The van der Waals surface area contributed by atoms with Crippen LogP contribution >= 0.6 is 0 Å². The third-order valence-corrected chi connectivity index (χ3v) is 8.30. The van der Waals surface area contributed by atoms with Gasteiger partial charge in [-0.05, 0) is 43.4 Å². The molecule has 0 aliphatic carbocycles. The zero-order valence-corrected chi connectivity index (χ0v) is 19.6. The molecule has 0 unspecified atom stereocenters. The number of aliphatic hydroxyl groups is 1. The Morgan fingerprint density at radius 1 is 1.18 bits per heavy atom. The lowest BCUT2D eigenvalue weighted by molar-refractivity contribution is 0.282. The molecular formula is C24H26N6O3S. The summed E-state index contributed by atoms with van der Waals surface area (Å²) in [6.45, 7) is -0.0412. The molecule has 5 heterocycles. The summed E-state index contributed by atoms with van der Waals surface area (Å²) in [6, 6.07) is 8.40. The number of sulfone groups is 1. The number of nitrogen functional groups attached to an aromatic ring is 1. The zero-order valence-electron chi connectivity index (χ0n) is 18.8. The monoisotopic (exact) mass is 478 g/mol. The van der Waals surface area contributed by atoms with Crippen LogP contribution in [0.15, 0.2) is 41.6 Å². The van der Waals surface area contributed by atoms with E-state index in [2.05, 4.69) is 15.4 Å². The highest BCUT2D eigenvalue weighted by Gasteiger charge is 2.38. The van der Waals surface area contributed by atoms with Crippen molar-refractivity contribution in [1.29, 1.82) is 0 Å². The quantitative estimate of drug-likeness (QED) is 0.407. The van der Waals surface area contributed by atoms with Crippen molar-refractivity contribution in [3.63, 3.8) is 0 Å². The van der Waals surface area contributed by atoms with Crippen molar-refractivity contribution in [3.8, 4) is 11.1 Å². The van der Waals surface area contributed by atoms with Crippen molar-refractivity contribution in [2.45, 2.75) is 55.2 Å². The van der Waals surface area contributed by atoms with Gasteiger partial charge in [-0.25, -0.2) is 13.4 Å². The van der Waals surface area contributed by atoms with Crippen LogP contribution in [0.2, 0.25) is 0 Å². The lowest BCUT2D eigenvalue weighted by Gasteiger charge is -2.30. The van der Waals surface area contributed by atoms with E-state index >= 15 is 0 Å². The fourth-order valence-electron chi connectivity index (χ4n) is 5.57. The van der Waals surface area contributed by atoms with E-state index in [4.69, 9.17) is 10.7 Å². The Hall–Kier alpha value is -3.08. The van der Waals surface area contributed by atoms with E-state index in [1.807, 2.05) is 24.3 Å². The summed E-state index contributed by atoms with van der Waals surface area (Å²) in [6.07, 6.45) is 8.48. The van der Waals surface area contributed by atoms with E-state index in [-0.39, 0.29) is 23.2 Å². The van der Waals surface area contributed by atoms with E-state index < -0.39 is 9.84 Å². The SMILES string of the molecule is CS(=O)(=O)c1c([C@H]2C[C@H]3CC[C@@H](C2)N3)nc2c(-c3cnc4cc(CO)ccc4c3)cnn2c1N. The van der Waals surface area contributed by atoms with Gasteiger partial charge in [0.2, 0.25) is 0 Å². The first kappa shape index (κ1) is 21.5. The summed E-state index contributed by atoms with van der Waals surface area (Å²) in [5.74, 6) is 0.117. The Balaban J connectivity index is 1.53. The molecule has 4 N–H and O–H groups in total. The number of aliphatic hydroxyl groups excluding tert-OH is 1. The fourth-order valence-corrected chi connectivity index (χ4v) is 6.63. The molecule has 2 fully saturated rings. The fraction of sp³-hybridized carbons (Fsp3) is 0.375. The summed E-state index contributed by atoms with van der Waals surface area (Å²) in [5.41, 5.74) is 10.7. The highest BCUT2D eigenvalue weighted by Crippen LogP contribution is 2.41. The molecule has 0 spiro atoms. The number of piperidine rings is 1. The van der Waals surface area contributed by atoms with Gasteiger partial charge >= 0.3 is 0 Å². The van der Waals surface area contributed by atoms with Gasteiger partial charge in [-0.1, -0.05) is 12.1 Å². The maximum absolute atomic E-state index is 12.8. The lowest BCUT2D eigenvalue weighted by atomic mass is 9.89. The first-order chi connectivity index (χ1) is 16.3. The second-order valence-electron chi connectivity index (χ2n) is 9.49. The average molecular weight is 479 g/mol. The smallest absolute Gasteiger partial charge is 0.180 e. The number of anilines is 1. The lowest BCUT2D eigenvalue weighted by Crippen LogP contribution is -2.38. The Kier molecular flexibility index (Phi) is 4.87. The number of hydrogen-bond acceptors (Lipinski definition) is 8. The second kappa shape index (κ2) is 7.72. The topological polar surface area (TPSA) is 136 Å². The summed E-state index contributed by atoms with van der Waals surface area (Å²) in [7, 11) is -3.61. The van der Waals surface area contributed by atoms with E-state index in [0.29, 0.717) is 23.4 Å². The Morgan fingerprint density at radius 2 is 1.94 bits per heavy atom. The number of rotatable bonds is 4. The molecule has 2 aliphatic heterocycles. The van der Waals surface area contributed by atoms with Gasteiger partial charge in [-0.2, -0.15) is 9.61 Å². The molecule has 0 amide bonds. The van der Waals surface area contributed by atoms with E-state index in [1.165, 1.54) is 10.8 Å². The van der Waals surface area contributed by atoms with Crippen LogP contribution < -0.4 is 11.1 Å². The van der Waals surface area contributed by atoms with Crippen molar-refractivity contribution in [1.82, 2.24) is 24.9 Å². The van der Waals surface area contributed by atoms with Crippen molar-refractivity contribution >= 4 is 32.2 Å². The molecule has 4 aromatic rings. The van der Waals surface area contributed by atoms with Crippen molar-refractivity contribution in [3.05, 3.63) is 47.9 Å². The summed E-state index contributed by atoms with van der Waals surface area (Å²) >= 11 is 0. The molecule has 0 radical (unpaired) electrons. The second-order valence-corrected chi connectivity index (χ2v) is 11.4. The Bertz CT molecular complexity index is 1540. The van der Waals surface area contributed by atoms with Crippen molar-refractivity contribution in [2.24, 2.45) is 0 Å². The third kappa shape index (κ3) is 3.44. The Labute approximate surface area is 196 Å². The number of pyridine rings is 1. The predicted molar refractivity (Wildman–Crippen MR) is 129 cm³/mol. The van der Waals surface area contributed by atoms with Gasteiger partial charge < -0.3 is 16.2 Å². The number of nitrogens with two attached hydrogens (primary N) is 1. The maximum atomic E-state index is 12.8. The number of nitrogens with one attached hydrogen (secondary N) is 1. The van der Waals surface area contributed by atoms with Crippen LogP contribution in [0.1, 0.15) is 42.9 Å². The first-order valence-electron chi connectivity index (χ1n) is 11.4. The van der Waals surface area contributed by atoms with Crippen LogP contribution in [-0.2, 0) is 16.4 Å². The third-order valence-electron chi connectivity index (χ3n) is 7.14. The van der Waals surface area contributed by atoms with Crippen molar-refractivity contribution in [2.75, 3.05) is 12.0 Å². The Morgan fingerprint density at radius 3 is 2.65 bits per heavy atom. The number of hydrogen-bond donors (Lipinski definition) is 3. The van der Waals surface area contributed by atoms with E-state index in [9.17, 15) is 13.5 Å². The van der Waals surface area contributed by atoms with Gasteiger partial charge in [-0.3, -0.25) is 4.98 Å². The van der Waals surface area contributed by atoms with Crippen LogP contribution in [0.3, 0.4) is 0 Å². The highest BCUT2D eigenvalue weighted by atomic mass is 32.2. The molecule has 2 aliphatic rings. The normalized spacial score (nSPS) is 22.6. The molecule has 0 saturated carbocycles. The largest absolute Gasteiger partial charge is 0.392 e. The summed E-state index contributed by atoms with van der Waals surface area (Å²) in [4.78, 5) is 9.57. The molecule has 2 saturated heterocycles. The number of aromatic nitrogens is 4. The van der Waals surface area contributed by atoms with E-state index in [1.54, 1.807) is 12.4 Å². The molecule has 6 rings (SSSR count). The average Bonchev–Trinajstić information content (AvgIpc) is 3.40. The van der Waals surface area contributed by atoms with Gasteiger partial charge in [-0.15, -0.1) is 0 Å². The highest BCUT2D eigenvalue weighted by molar-refractivity contribution is 7.91. The molecule has 34 heavy (non-hydrogen) atoms. The van der Waals surface area contributed by atoms with Crippen molar-refractivity contribution < 1.29 is 13.5 Å². The number of benzene rings is 1. The summed E-state index contributed by atoms with van der Waals surface area (Å²) in [5, 5.41) is 18.3. The molecule has 3 aromatic heterocycles. The molecule has 2 bridgehead atoms. The van der Waals surface area contributed by atoms with Crippen LogP contribution in [0, 0.1) is 0 Å². The molecule has 9 nitrogen and oxygen atoms in total. The minimum Gasteiger partial charge on any atom is -0.392 e. The van der Waals surface area contributed by atoms with Crippen LogP contribution in [0.25, 0.3) is 27.7 Å². The minimum absolute atomic E-state index is 0.0187. The number of fused-ring (bicyclic) bond motifs is 4. The van der Waals surface area contributed by atoms with Crippen LogP contribution in [-0.4, -0.2) is 51.4 Å². The van der Waals surface area contributed by atoms with E-state index in [0.717, 1.165) is 53.3 Å². The predicted octanol–water partition coefficient (Wildman–Crippen LogP) is 2.42. The van der Waals surface area contributed by atoms with Crippen LogP contribution in [0.5, 0.6) is 0 Å². The summed E-state index contributed by atoms with van der Waals surface area (Å²) < 4.78 is 27.0. The molecule has 10 heteroatoms. The first-order valence-corrected chi connectivity index (χ1v) is 13.3. The standard InChI is InChI=1S/C24H26N6O3S/c1-34(32,33)22-21(15-8-17-4-5-18(9-15)28-17)29-24-19(11-27-30(24)23(22)25)16-7-14-3-2-13(12-31)6-20(14)26-10-16/h2-3,6-7,10-11,15,17-18,28,31H,4-5,8-9,12,25H2,1H3/t15-,17+,18-. The van der Waals surface area contributed by atoms with Gasteiger partial charge in [0.1, 0.15) is 10.7 Å². The van der Waals surface area contributed by atoms with Crippen LogP contribution in [0.4, 0.5) is 5.82 Å². The molecule has 176 valence electrons. The number of nitrogens with zero attached hydrogens (tertiary/aromatic N) is 4. The zero-order chi connectivity index (χ0) is 23.6. The maximum Gasteiger partial charge on any atom is 0.180 e. The van der Waals surface area contributed by atoms with Gasteiger partial charge in [0.05, 0.1) is 24.0 Å². The molecule has 1 aromatic carbocycles. The molecular weight excluding hydrogens is 452 g/mol. The van der Waals surface area contributed by atoms with Gasteiger partial charge in [0, 0.05) is 47.0 Å². The van der Waals surface area contributed by atoms with Gasteiger partial charge in [0.25, 0.3) is 0 Å². The van der Waals surface area contributed by atoms with Gasteiger partial charge in [0.15, 0.2) is 15.5 Å². The molecule has 3 atom stereocenters.